The first kappa shape index (κ1) is 10.9. The summed E-state index contributed by atoms with van der Waals surface area (Å²) >= 11 is 0. The van der Waals surface area contributed by atoms with E-state index in [-0.39, 0.29) is 0 Å². The summed E-state index contributed by atoms with van der Waals surface area (Å²) < 4.78 is 7.00. The van der Waals surface area contributed by atoms with E-state index in [9.17, 15) is 0 Å². The molecule has 0 saturated carbocycles. The van der Waals surface area contributed by atoms with Gasteiger partial charge in [-0.3, -0.25) is 4.68 Å². The molecule has 5 nitrogen and oxygen atoms in total. The van der Waals surface area contributed by atoms with E-state index in [0.717, 1.165) is 24.5 Å². The van der Waals surface area contributed by atoms with Crippen LogP contribution in [0.2, 0.25) is 0 Å². The molecule has 2 heterocycles. The van der Waals surface area contributed by atoms with E-state index in [4.69, 9.17) is 4.52 Å². The molecule has 0 fully saturated rings. The quantitative estimate of drug-likeness (QED) is 0.829. The lowest BCUT2D eigenvalue weighted by Gasteiger charge is -2.04. The van der Waals surface area contributed by atoms with Crippen molar-refractivity contribution in [1.29, 1.82) is 0 Å². The van der Waals surface area contributed by atoms with Gasteiger partial charge in [0, 0.05) is 19.2 Å². The number of hydrogen-bond donors (Lipinski definition) is 1. The average Bonchev–Trinajstić information content (AvgIpc) is 2.88. The fourth-order valence-electron chi connectivity index (χ4n) is 1.66. The Kier molecular flexibility index (Phi) is 3.36. The number of hydrogen-bond acceptors (Lipinski definition) is 4. The van der Waals surface area contributed by atoms with Gasteiger partial charge < -0.3 is 9.84 Å². The molecular weight excluding hydrogens is 204 g/mol. The lowest BCUT2D eigenvalue weighted by atomic mass is 10.3. The minimum atomic E-state index is 0.688. The predicted octanol–water partition coefficient (Wildman–Crippen LogP) is 1.49. The second-order valence-corrected chi connectivity index (χ2v) is 3.68. The zero-order chi connectivity index (χ0) is 11.4. The fourth-order valence-corrected chi connectivity index (χ4v) is 1.66. The van der Waals surface area contributed by atoms with E-state index in [0.29, 0.717) is 6.54 Å². The van der Waals surface area contributed by atoms with Gasteiger partial charge in [-0.05, 0) is 19.9 Å². The molecule has 0 aliphatic heterocycles. The maximum atomic E-state index is 5.00. The van der Waals surface area contributed by atoms with E-state index in [1.54, 1.807) is 6.20 Å². The molecule has 0 unspecified atom stereocenters. The molecule has 0 aromatic carbocycles. The predicted molar refractivity (Wildman–Crippen MR) is 59.7 cm³/mol. The average molecular weight is 220 g/mol. The minimum absolute atomic E-state index is 0.688. The number of aromatic nitrogens is 3. The van der Waals surface area contributed by atoms with Gasteiger partial charge in [0.25, 0.3) is 0 Å². The van der Waals surface area contributed by atoms with Gasteiger partial charge in [-0.2, -0.15) is 5.10 Å². The molecule has 0 aliphatic carbocycles. The Morgan fingerprint density at radius 3 is 3.00 bits per heavy atom. The smallest absolute Gasteiger partial charge is 0.150 e. The van der Waals surface area contributed by atoms with Crippen LogP contribution in [-0.2, 0) is 19.6 Å². The minimum Gasteiger partial charge on any atom is -0.360 e. The third-order valence-electron chi connectivity index (χ3n) is 2.38. The van der Waals surface area contributed by atoms with Gasteiger partial charge in [0.2, 0.25) is 0 Å². The van der Waals surface area contributed by atoms with Crippen molar-refractivity contribution >= 4 is 0 Å². The summed E-state index contributed by atoms with van der Waals surface area (Å²) in [5, 5.41) is 11.3. The molecule has 0 radical (unpaired) electrons. The molecule has 1 N–H and O–H groups in total. The summed E-state index contributed by atoms with van der Waals surface area (Å²) in [4.78, 5) is 0. The Labute approximate surface area is 94.4 Å². The third-order valence-corrected chi connectivity index (χ3v) is 2.38. The zero-order valence-corrected chi connectivity index (χ0v) is 9.60. The van der Waals surface area contributed by atoms with Crippen molar-refractivity contribution in [3.8, 4) is 0 Å². The first-order valence-electron chi connectivity index (χ1n) is 5.43. The van der Waals surface area contributed by atoms with Crippen molar-refractivity contribution in [2.75, 3.05) is 0 Å². The molecule has 0 amide bonds. The Bertz CT molecular complexity index is 433. The molecule has 0 bridgehead atoms. The number of aryl methyl sites for hydroxylation is 2. The lowest BCUT2D eigenvalue weighted by Crippen LogP contribution is -2.15. The highest BCUT2D eigenvalue weighted by Crippen LogP contribution is 2.04. The molecule has 2 aromatic heterocycles. The van der Waals surface area contributed by atoms with Crippen LogP contribution in [0.15, 0.2) is 22.9 Å². The van der Waals surface area contributed by atoms with Gasteiger partial charge in [-0.1, -0.05) is 5.16 Å². The van der Waals surface area contributed by atoms with Crippen molar-refractivity contribution in [3.63, 3.8) is 0 Å². The van der Waals surface area contributed by atoms with Crippen LogP contribution in [0.5, 0.6) is 0 Å². The van der Waals surface area contributed by atoms with Crippen molar-refractivity contribution < 1.29 is 4.52 Å². The van der Waals surface area contributed by atoms with E-state index < -0.39 is 0 Å². The molecule has 2 aromatic rings. The van der Waals surface area contributed by atoms with Crippen LogP contribution in [0.3, 0.4) is 0 Å². The molecule has 0 spiro atoms. The van der Waals surface area contributed by atoms with E-state index in [1.165, 1.54) is 5.69 Å². The normalized spacial score (nSPS) is 10.9. The SMILES string of the molecule is CCn1nc(C)cc1CNCc1ccno1. The van der Waals surface area contributed by atoms with Crippen molar-refractivity contribution in [1.82, 2.24) is 20.3 Å². The summed E-state index contributed by atoms with van der Waals surface area (Å²) in [5.74, 6) is 0.847. The highest BCUT2D eigenvalue weighted by atomic mass is 16.5. The van der Waals surface area contributed by atoms with Gasteiger partial charge in [0.05, 0.1) is 24.1 Å². The zero-order valence-electron chi connectivity index (χ0n) is 9.60. The van der Waals surface area contributed by atoms with Crippen LogP contribution in [0.4, 0.5) is 0 Å². The van der Waals surface area contributed by atoms with Crippen LogP contribution in [0.25, 0.3) is 0 Å². The topological polar surface area (TPSA) is 55.9 Å². The monoisotopic (exact) mass is 220 g/mol. The maximum Gasteiger partial charge on any atom is 0.150 e. The van der Waals surface area contributed by atoms with E-state index in [1.807, 2.05) is 17.7 Å². The molecule has 0 aliphatic rings. The molecule has 86 valence electrons. The largest absolute Gasteiger partial charge is 0.360 e. The van der Waals surface area contributed by atoms with Crippen molar-refractivity contribution in [2.24, 2.45) is 0 Å². The van der Waals surface area contributed by atoms with Crippen LogP contribution >= 0.6 is 0 Å². The van der Waals surface area contributed by atoms with Crippen LogP contribution < -0.4 is 5.32 Å². The third kappa shape index (κ3) is 2.49. The van der Waals surface area contributed by atoms with Crippen LogP contribution in [-0.4, -0.2) is 14.9 Å². The summed E-state index contributed by atoms with van der Waals surface area (Å²) in [6.07, 6.45) is 1.65. The van der Waals surface area contributed by atoms with Gasteiger partial charge in [-0.25, -0.2) is 0 Å². The summed E-state index contributed by atoms with van der Waals surface area (Å²) in [7, 11) is 0. The molecule has 2 rings (SSSR count). The van der Waals surface area contributed by atoms with Crippen molar-refractivity contribution in [2.45, 2.75) is 33.5 Å². The molecule has 0 saturated heterocycles. The second kappa shape index (κ2) is 4.94. The molecule has 16 heavy (non-hydrogen) atoms. The van der Waals surface area contributed by atoms with Gasteiger partial charge in [0.1, 0.15) is 5.76 Å². The number of rotatable bonds is 5. The van der Waals surface area contributed by atoms with Gasteiger partial charge in [-0.15, -0.1) is 0 Å². The number of nitrogens with zero attached hydrogens (tertiary/aromatic N) is 3. The summed E-state index contributed by atoms with van der Waals surface area (Å²) in [5.41, 5.74) is 2.25. The second-order valence-electron chi connectivity index (χ2n) is 3.68. The van der Waals surface area contributed by atoms with E-state index >= 15 is 0 Å². The maximum absolute atomic E-state index is 5.00. The fraction of sp³-hybridized carbons (Fsp3) is 0.455. The summed E-state index contributed by atoms with van der Waals surface area (Å²) in [6.45, 7) is 6.47. The Balaban J connectivity index is 1.89. The highest BCUT2D eigenvalue weighted by Gasteiger charge is 2.03. The van der Waals surface area contributed by atoms with Gasteiger partial charge >= 0.3 is 0 Å². The standard InChI is InChI=1S/C11H16N4O/c1-3-15-10(6-9(2)14-15)7-12-8-11-4-5-13-16-11/h4-6,12H,3,7-8H2,1-2H3. The highest BCUT2D eigenvalue weighted by molar-refractivity contribution is 5.08. The van der Waals surface area contributed by atoms with Crippen molar-refractivity contribution in [3.05, 3.63) is 35.5 Å². The molecule has 5 heteroatoms. The van der Waals surface area contributed by atoms with Gasteiger partial charge in [0.15, 0.2) is 0 Å². The first-order valence-corrected chi connectivity index (χ1v) is 5.43. The Morgan fingerprint density at radius 1 is 1.44 bits per heavy atom. The lowest BCUT2D eigenvalue weighted by molar-refractivity contribution is 0.371. The Hall–Kier alpha value is -1.62. The van der Waals surface area contributed by atoms with E-state index in [2.05, 4.69) is 28.6 Å². The molecular formula is C11H16N4O. The molecule has 0 atom stereocenters. The number of nitrogens with one attached hydrogen (secondary N) is 1. The first-order chi connectivity index (χ1) is 7.79. The summed E-state index contributed by atoms with van der Waals surface area (Å²) in [6, 6.07) is 3.95. The van der Waals surface area contributed by atoms with Crippen LogP contribution in [0, 0.1) is 6.92 Å². The Morgan fingerprint density at radius 2 is 2.31 bits per heavy atom. The van der Waals surface area contributed by atoms with Crippen LogP contribution in [0.1, 0.15) is 24.1 Å².